The number of aromatic amines is 1. The molecule has 8 heteroatoms. The fourth-order valence-corrected chi connectivity index (χ4v) is 3.84. The normalized spacial score (nSPS) is 15.5. The first-order valence-electron chi connectivity index (χ1n) is 9.17. The molecule has 0 amide bonds. The van der Waals surface area contributed by atoms with Gasteiger partial charge in [-0.3, -0.25) is 4.98 Å². The monoisotopic (exact) mass is 360 g/mol. The molecule has 0 radical (unpaired) electrons. The van der Waals surface area contributed by atoms with Crippen LogP contribution in [0.3, 0.4) is 0 Å². The van der Waals surface area contributed by atoms with Crippen molar-refractivity contribution >= 4 is 17.0 Å². The van der Waals surface area contributed by atoms with Gasteiger partial charge in [0.1, 0.15) is 17.7 Å². The van der Waals surface area contributed by atoms with Crippen molar-refractivity contribution in [3.05, 3.63) is 61.0 Å². The van der Waals surface area contributed by atoms with Crippen molar-refractivity contribution in [2.75, 3.05) is 18.0 Å². The molecule has 0 saturated carbocycles. The van der Waals surface area contributed by atoms with Crippen molar-refractivity contribution in [3.63, 3.8) is 0 Å². The van der Waals surface area contributed by atoms with E-state index in [1.807, 2.05) is 18.5 Å². The first-order chi connectivity index (χ1) is 13.4. The highest BCUT2D eigenvalue weighted by molar-refractivity contribution is 5.82. The Balaban J connectivity index is 1.31. The number of hydrogen-bond donors (Lipinski definition) is 1. The molecule has 0 bridgehead atoms. The van der Waals surface area contributed by atoms with Crippen LogP contribution in [0, 0.1) is 0 Å². The SMILES string of the molecule is c1cncc(Cn2ccnc2C2CCN(c3ncnc4nc[nH]c34)CC2)c1. The van der Waals surface area contributed by atoms with Crippen LogP contribution in [0.25, 0.3) is 11.2 Å². The fourth-order valence-electron chi connectivity index (χ4n) is 3.84. The highest BCUT2D eigenvalue weighted by Gasteiger charge is 2.26. The van der Waals surface area contributed by atoms with Gasteiger partial charge < -0.3 is 14.5 Å². The van der Waals surface area contributed by atoms with Crippen LogP contribution in [0.2, 0.25) is 0 Å². The van der Waals surface area contributed by atoms with Crippen LogP contribution < -0.4 is 4.90 Å². The summed E-state index contributed by atoms with van der Waals surface area (Å²) in [6.45, 7) is 2.69. The summed E-state index contributed by atoms with van der Waals surface area (Å²) >= 11 is 0. The average molecular weight is 360 g/mol. The van der Waals surface area contributed by atoms with E-state index in [-0.39, 0.29) is 0 Å². The minimum absolute atomic E-state index is 0.451. The Morgan fingerprint density at radius 3 is 2.85 bits per heavy atom. The van der Waals surface area contributed by atoms with Crippen LogP contribution in [-0.2, 0) is 6.54 Å². The molecule has 136 valence electrons. The maximum Gasteiger partial charge on any atom is 0.182 e. The quantitative estimate of drug-likeness (QED) is 0.601. The summed E-state index contributed by atoms with van der Waals surface area (Å²) in [5, 5.41) is 0. The molecule has 1 aliphatic rings. The van der Waals surface area contributed by atoms with Crippen molar-refractivity contribution < 1.29 is 0 Å². The second-order valence-corrected chi connectivity index (χ2v) is 6.83. The largest absolute Gasteiger partial charge is 0.355 e. The Hall–Kier alpha value is -3.29. The second-order valence-electron chi connectivity index (χ2n) is 6.83. The van der Waals surface area contributed by atoms with E-state index in [1.165, 1.54) is 5.56 Å². The van der Waals surface area contributed by atoms with E-state index in [9.17, 15) is 0 Å². The number of anilines is 1. The number of nitrogens with zero attached hydrogens (tertiary/aromatic N) is 7. The van der Waals surface area contributed by atoms with Gasteiger partial charge in [-0.15, -0.1) is 0 Å². The van der Waals surface area contributed by atoms with Gasteiger partial charge in [-0.1, -0.05) is 6.07 Å². The lowest BCUT2D eigenvalue weighted by molar-refractivity contribution is 0.469. The Morgan fingerprint density at radius 1 is 1.07 bits per heavy atom. The summed E-state index contributed by atoms with van der Waals surface area (Å²) in [7, 11) is 0. The smallest absolute Gasteiger partial charge is 0.182 e. The van der Waals surface area contributed by atoms with Gasteiger partial charge in [0.15, 0.2) is 11.5 Å². The van der Waals surface area contributed by atoms with Crippen molar-refractivity contribution in [1.29, 1.82) is 0 Å². The van der Waals surface area contributed by atoms with Gasteiger partial charge in [0.2, 0.25) is 0 Å². The van der Waals surface area contributed by atoms with Gasteiger partial charge in [0.25, 0.3) is 0 Å². The van der Waals surface area contributed by atoms with E-state index in [0.29, 0.717) is 11.6 Å². The van der Waals surface area contributed by atoms with E-state index < -0.39 is 0 Å². The number of aromatic nitrogens is 7. The molecule has 0 spiro atoms. The van der Waals surface area contributed by atoms with E-state index >= 15 is 0 Å². The van der Waals surface area contributed by atoms with Crippen LogP contribution in [-0.4, -0.2) is 47.6 Å². The lowest BCUT2D eigenvalue weighted by Crippen LogP contribution is -2.34. The van der Waals surface area contributed by atoms with Gasteiger partial charge in [-0.25, -0.2) is 19.9 Å². The molecule has 0 atom stereocenters. The molecular formula is C19H20N8. The molecule has 1 aliphatic heterocycles. The molecule has 0 unspecified atom stereocenters. The lowest BCUT2D eigenvalue weighted by atomic mass is 9.95. The zero-order valence-corrected chi connectivity index (χ0v) is 14.9. The maximum atomic E-state index is 4.66. The molecule has 4 aromatic rings. The van der Waals surface area contributed by atoms with Gasteiger partial charge in [-0.2, -0.15) is 0 Å². The summed E-state index contributed by atoms with van der Waals surface area (Å²) < 4.78 is 2.25. The number of rotatable bonds is 4. The number of hydrogen-bond acceptors (Lipinski definition) is 6. The number of pyridine rings is 1. The highest BCUT2D eigenvalue weighted by Crippen LogP contribution is 2.31. The van der Waals surface area contributed by atoms with Gasteiger partial charge in [0, 0.05) is 43.8 Å². The van der Waals surface area contributed by atoms with E-state index in [1.54, 1.807) is 18.9 Å². The first-order valence-corrected chi connectivity index (χ1v) is 9.17. The summed E-state index contributed by atoms with van der Waals surface area (Å²) in [4.78, 5) is 27.3. The molecule has 1 fully saturated rings. The van der Waals surface area contributed by atoms with E-state index in [2.05, 4.69) is 51.6 Å². The molecule has 1 saturated heterocycles. The summed E-state index contributed by atoms with van der Waals surface area (Å²) in [6, 6.07) is 4.08. The van der Waals surface area contributed by atoms with Crippen molar-refractivity contribution in [2.24, 2.45) is 0 Å². The molecule has 0 aromatic carbocycles. The first kappa shape index (κ1) is 15.9. The van der Waals surface area contributed by atoms with Crippen LogP contribution in [0.4, 0.5) is 5.82 Å². The van der Waals surface area contributed by atoms with Gasteiger partial charge in [0.05, 0.1) is 12.9 Å². The number of imidazole rings is 2. The average Bonchev–Trinajstić information content (AvgIpc) is 3.38. The summed E-state index contributed by atoms with van der Waals surface area (Å²) in [6.07, 6.45) is 13.0. The van der Waals surface area contributed by atoms with Crippen molar-refractivity contribution in [2.45, 2.75) is 25.3 Å². The zero-order chi connectivity index (χ0) is 18.1. The van der Waals surface area contributed by atoms with E-state index in [0.717, 1.165) is 49.6 Å². The molecule has 27 heavy (non-hydrogen) atoms. The molecule has 1 N–H and O–H groups in total. The van der Waals surface area contributed by atoms with Crippen LogP contribution in [0.1, 0.15) is 30.1 Å². The topological polar surface area (TPSA) is 88.4 Å². The highest BCUT2D eigenvalue weighted by atomic mass is 15.2. The number of nitrogens with one attached hydrogen (secondary N) is 1. The number of H-pyrrole nitrogens is 1. The Kier molecular flexibility index (Phi) is 4.00. The number of fused-ring (bicyclic) bond motifs is 1. The van der Waals surface area contributed by atoms with Crippen molar-refractivity contribution in [3.8, 4) is 0 Å². The predicted molar refractivity (Wildman–Crippen MR) is 101 cm³/mol. The van der Waals surface area contributed by atoms with Gasteiger partial charge >= 0.3 is 0 Å². The van der Waals surface area contributed by atoms with Gasteiger partial charge in [-0.05, 0) is 24.5 Å². The third-order valence-electron chi connectivity index (χ3n) is 5.19. The third kappa shape index (κ3) is 3.03. The minimum atomic E-state index is 0.451. The predicted octanol–water partition coefficient (Wildman–Crippen LogP) is 2.38. The Labute approximate surface area is 156 Å². The van der Waals surface area contributed by atoms with Crippen LogP contribution in [0.5, 0.6) is 0 Å². The van der Waals surface area contributed by atoms with Crippen LogP contribution >= 0.6 is 0 Å². The van der Waals surface area contributed by atoms with E-state index in [4.69, 9.17) is 0 Å². The zero-order valence-electron chi connectivity index (χ0n) is 14.9. The Morgan fingerprint density at radius 2 is 2.00 bits per heavy atom. The van der Waals surface area contributed by atoms with Crippen molar-refractivity contribution in [1.82, 2.24) is 34.5 Å². The molecule has 8 nitrogen and oxygen atoms in total. The third-order valence-corrected chi connectivity index (χ3v) is 5.19. The molecule has 5 rings (SSSR count). The molecule has 0 aliphatic carbocycles. The summed E-state index contributed by atoms with van der Waals surface area (Å²) in [5.74, 6) is 2.55. The minimum Gasteiger partial charge on any atom is -0.355 e. The van der Waals surface area contributed by atoms with Crippen LogP contribution in [0.15, 0.2) is 49.6 Å². The maximum absolute atomic E-state index is 4.66. The standard InChI is InChI=1S/C19H20N8/c1-2-14(10-20-5-1)11-27-9-6-21-18(27)15-3-7-26(8-4-15)19-16-17(23-12-22-16)24-13-25-19/h1-2,5-6,9-10,12-13,15H,3-4,7-8,11H2,(H,22,23,24,25). The molecule has 4 aromatic heterocycles. The molecule has 5 heterocycles. The lowest BCUT2D eigenvalue weighted by Gasteiger charge is -2.32. The second kappa shape index (κ2) is 6.79. The summed E-state index contributed by atoms with van der Waals surface area (Å²) in [5.41, 5.74) is 2.82. The fraction of sp³-hybridized carbons (Fsp3) is 0.316. The number of piperidine rings is 1. The molecular weight excluding hydrogens is 340 g/mol. The Bertz CT molecular complexity index is 1030.